The number of nitrogens with one attached hydrogen (secondary N) is 3. The number of hydrogen-bond acceptors (Lipinski definition) is 3. The minimum atomic E-state index is -0.437. The summed E-state index contributed by atoms with van der Waals surface area (Å²) >= 11 is 3.31. The van der Waals surface area contributed by atoms with E-state index in [1.807, 2.05) is 19.9 Å². The molecule has 0 saturated heterocycles. The lowest BCUT2D eigenvalue weighted by molar-refractivity contribution is -0.123. The molecule has 0 unspecified atom stereocenters. The molecule has 3 N–H and O–H groups in total. The zero-order chi connectivity index (χ0) is 19.1. The smallest absolute Gasteiger partial charge is 0.251 e. The predicted octanol–water partition coefficient (Wildman–Crippen LogP) is 2.55. The lowest BCUT2D eigenvalue weighted by Crippen LogP contribution is -2.40. The Morgan fingerprint density at radius 1 is 0.846 bits per heavy atom. The third-order valence-corrected chi connectivity index (χ3v) is 4.28. The zero-order valence-corrected chi connectivity index (χ0v) is 16.1. The van der Waals surface area contributed by atoms with Crippen LogP contribution in [0.25, 0.3) is 0 Å². The maximum Gasteiger partial charge on any atom is 0.251 e. The largest absolute Gasteiger partial charge is 0.345 e. The number of halogens is 1. The van der Waals surface area contributed by atoms with Crippen molar-refractivity contribution in [3.05, 3.63) is 63.6 Å². The Bertz CT molecular complexity index is 819. The second-order valence-electron chi connectivity index (χ2n) is 5.81. The number of benzene rings is 2. The molecule has 0 radical (unpaired) electrons. The fourth-order valence-electron chi connectivity index (χ4n) is 2.13. The van der Waals surface area contributed by atoms with Crippen molar-refractivity contribution in [3.63, 3.8) is 0 Å². The van der Waals surface area contributed by atoms with Crippen molar-refractivity contribution in [2.45, 2.75) is 13.8 Å². The average molecular weight is 418 g/mol. The van der Waals surface area contributed by atoms with Gasteiger partial charge in [-0.15, -0.1) is 0 Å². The van der Waals surface area contributed by atoms with Gasteiger partial charge in [0.1, 0.15) is 0 Å². The molecule has 7 heteroatoms. The summed E-state index contributed by atoms with van der Waals surface area (Å²) in [6.07, 6.45) is 0. The van der Waals surface area contributed by atoms with E-state index in [1.165, 1.54) is 0 Å². The summed E-state index contributed by atoms with van der Waals surface area (Å²) in [6, 6.07) is 12.4. The highest BCUT2D eigenvalue weighted by Gasteiger charge is 2.10. The highest BCUT2D eigenvalue weighted by Crippen LogP contribution is 2.13. The summed E-state index contributed by atoms with van der Waals surface area (Å²) in [6.45, 7) is 3.51. The molecule has 2 aromatic rings. The Labute approximate surface area is 160 Å². The quantitative estimate of drug-likeness (QED) is 0.674. The first-order valence-corrected chi connectivity index (χ1v) is 8.82. The molecule has 2 rings (SSSR count). The molecule has 3 amide bonds. The summed E-state index contributed by atoms with van der Waals surface area (Å²) in [5.74, 6) is -1.11. The summed E-state index contributed by atoms with van der Waals surface area (Å²) in [4.78, 5) is 35.6. The van der Waals surface area contributed by atoms with Crippen molar-refractivity contribution in [1.82, 2.24) is 10.6 Å². The predicted molar refractivity (Wildman–Crippen MR) is 104 cm³/mol. The van der Waals surface area contributed by atoms with Gasteiger partial charge in [-0.3, -0.25) is 14.4 Å². The monoisotopic (exact) mass is 417 g/mol. The van der Waals surface area contributed by atoms with E-state index in [0.717, 1.165) is 15.6 Å². The maximum absolute atomic E-state index is 12.0. The summed E-state index contributed by atoms with van der Waals surface area (Å²) < 4.78 is 0.906. The van der Waals surface area contributed by atoms with Crippen LogP contribution in [0, 0.1) is 13.8 Å². The average Bonchev–Trinajstić information content (AvgIpc) is 2.62. The van der Waals surface area contributed by atoms with Crippen LogP contribution in [-0.4, -0.2) is 30.8 Å². The number of amides is 3. The molecular formula is C19H20BrN3O3. The van der Waals surface area contributed by atoms with Crippen molar-refractivity contribution in [1.29, 1.82) is 0 Å². The number of carbonyl (C=O) groups excluding carboxylic acids is 3. The second kappa shape index (κ2) is 9.15. The summed E-state index contributed by atoms with van der Waals surface area (Å²) in [7, 11) is 0. The van der Waals surface area contributed by atoms with Crippen molar-refractivity contribution in [2.75, 3.05) is 18.4 Å². The van der Waals surface area contributed by atoms with Gasteiger partial charge < -0.3 is 16.0 Å². The van der Waals surface area contributed by atoms with Crippen LogP contribution in [-0.2, 0) is 9.59 Å². The fourth-order valence-corrected chi connectivity index (χ4v) is 2.39. The van der Waals surface area contributed by atoms with Gasteiger partial charge in [0.15, 0.2) is 0 Å². The third kappa shape index (κ3) is 6.00. The molecule has 0 aromatic heterocycles. The summed E-state index contributed by atoms with van der Waals surface area (Å²) in [5.41, 5.74) is 3.23. The van der Waals surface area contributed by atoms with Gasteiger partial charge >= 0.3 is 0 Å². The molecule has 0 aliphatic carbocycles. The van der Waals surface area contributed by atoms with E-state index in [-0.39, 0.29) is 24.9 Å². The van der Waals surface area contributed by atoms with Gasteiger partial charge in [0.25, 0.3) is 5.91 Å². The Kier molecular flexibility index (Phi) is 6.91. The number of rotatable bonds is 6. The molecule has 136 valence electrons. The molecule has 26 heavy (non-hydrogen) atoms. The van der Waals surface area contributed by atoms with Gasteiger partial charge in [0, 0.05) is 15.7 Å². The minimum Gasteiger partial charge on any atom is -0.345 e. The van der Waals surface area contributed by atoms with E-state index in [2.05, 4.69) is 31.9 Å². The first kappa shape index (κ1) is 19.7. The molecule has 0 bridgehead atoms. The number of aryl methyl sites for hydroxylation is 2. The molecule has 0 aliphatic rings. The minimum absolute atomic E-state index is 0.172. The van der Waals surface area contributed by atoms with Crippen molar-refractivity contribution < 1.29 is 14.4 Å². The lowest BCUT2D eigenvalue weighted by Gasteiger charge is -2.09. The van der Waals surface area contributed by atoms with E-state index in [1.54, 1.807) is 36.4 Å². The number of anilines is 1. The zero-order valence-electron chi connectivity index (χ0n) is 14.6. The fraction of sp³-hybridized carbons (Fsp3) is 0.211. The van der Waals surface area contributed by atoms with Gasteiger partial charge in [-0.25, -0.2) is 0 Å². The molecule has 2 aromatic carbocycles. The van der Waals surface area contributed by atoms with Gasteiger partial charge in [-0.2, -0.15) is 0 Å². The topological polar surface area (TPSA) is 87.3 Å². The maximum atomic E-state index is 12.0. The lowest BCUT2D eigenvalue weighted by atomic mass is 10.1. The van der Waals surface area contributed by atoms with E-state index in [4.69, 9.17) is 0 Å². The standard InChI is InChI=1S/C19H20BrN3O3/c1-12-3-4-14(9-13(12)2)19(26)22-10-17(24)21-11-18(25)23-16-7-5-15(20)6-8-16/h3-9H,10-11H2,1-2H3,(H,21,24)(H,22,26)(H,23,25). The van der Waals surface area contributed by atoms with Crippen LogP contribution in [0.3, 0.4) is 0 Å². The highest BCUT2D eigenvalue weighted by atomic mass is 79.9. The van der Waals surface area contributed by atoms with Crippen LogP contribution >= 0.6 is 15.9 Å². The Morgan fingerprint density at radius 2 is 1.50 bits per heavy atom. The van der Waals surface area contributed by atoms with Crippen molar-refractivity contribution in [3.8, 4) is 0 Å². The summed E-state index contributed by atoms with van der Waals surface area (Å²) in [5, 5.41) is 7.67. The first-order chi connectivity index (χ1) is 12.3. The van der Waals surface area contributed by atoms with E-state index in [0.29, 0.717) is 11.3 Å². The normalized spacial score (nSPS) is 10.1. The van der Waals surface area contributed by atoms with Crippen molar-refractivity contribution >= 4 is 39.3 Å². The van der Waals surface area contributed by atoms with Gasteiger partial charge in [0.2, 0.25) is 11.8 Å². The second-order valence-corrected chi connectivity index (χ2v) is 6.73. The van der Waals surface area contributed by atoms with Gasteiger partial charge in [-0.05, 0) is 61.4 Å². The van der Waals surface area contributed by atoms with E-state index >= 15 is 0 Å². The molecule has 0 heterocycles. The van der Waals surface area contributed by atoms with Crippen LogP contribution in [0.1, 0.15) is 21.5 Å². The molecular weight excluding hydrogens is 398 g/mol. The van der Waals surface area contributed by atoms with E-state index in [9.17, 15) is 14.4 Å². The highest BCUT2D eigenvalue weighted by molar-refractivity contribution is 9.10. The van der Waals surface area contributed by atoms with Crippen LogP contribution in [0.2, 0.25) is 0 Å². The van der Waals surface area contributed by atoms with Crippen LogP contribution < -0.4 is 16.0 Å². The van der Waals surface area contributed by atoms with E-state index < -0.39 is 5.91 Å². The van der Waals surface area contributed by atoms with Crippen LogP contribution in [0.4, 0.5) is 5.69 Å². The van der Waals surface area contributed by atoms with Gasteiger partial charge in [0.05, 0.1) is 13.1 Å². The Hall–Kier alpha value is -2.67. The number of carbonyl (C=O) groups is 3. The molecule has 0 fully saturated rings. The molecule has 0 spiro atoms. The van der Waals surface area contributed by atoms with Gasteiger partial charge in [-0.1, -0.05) is 22.0 Å². The first-order valence-electron chi connectivity index (χ1n) is 8.02. The number of hydrogen-bond donors (Lipinski definition) is 3. The molecule has 6 nitrogen and oxygen atoms in total. The van der Waals surface area contributed by atoms with Crippen LogP contribution in [0.15, 0.2) is 46.9 Å². The SMILES string of the molecule is Cc1ccc(C(=O)NCC(=O)NCC(=O)Nc2ccc(Br)cc2)cc1C. The molecule has 0 aliphatic heterocycles. The molecule has 0 saturated carbocycles. The van der Waals surface area contributed by atoms with Crippen LogP contribution in [0.5, 0.6) is 0 Å². The molecule has 0 atom stereocenters. The Morgan fingerprint density at radius 3 is 2.15 bits per heavy atom. The Balaban J connectivity index is 1.74. The third-order valence-electron chi connectivity index (χ3n) is 3.75. The van der Waals surface area contributed by atoms with Crippen molar-refractivity contribution in [2.24, 2.45) is 0 Å².